The summed E-state index contributed by atoms with van der Waals surface area (Å²) in [5.74, 6) is 0.572. The maximum atomic E-state index is 2.65. The second-order valence-electron chi connectivity index (χ2n) is 15.8. The molecule has 2 aromatic carbocycles. The first-order valence-corrected chi connectivity index (χ1v) is 19.2. The maximum absolute atomic E-state index is 2.65. The number of hydrogen-bond acceptors (Lipinski definition) is 0. The first kappa shape index (κ1) is 34.7. The molecule has 1 fully saturated rings. The normalized spacial score (nSPS) is 18.6. The van der Waals surface area contributed by atoms with Gasteiger partial charge in [0.1, 0.15) is 0 Å². The first-order chi connectivity index (χ1) is 18.1. The summed E-state index contributed by atoms with van der Waals surface area (Å²) in [4.78, 5) is 0. The molecule has 3 aliphatic carbocycles. The Morgan fingerprint density at radius 3 is 1.88 bits per heavy atom. The first-order valence-electron chi connectivity index (χ1n) is 15.6. The predicted molar refractivity (Wildman–Crippen MR) is 169 cm³/mol. The molecule has 3 aliphatic rings. The summed E-state index contributed by atoms with van der Waals surface area (Å²) in [6, 6.07) is 12.4. The molecule has 0 N–H and O–H groups in total. The van der Waals surface area contributed by atoms with Gasteiger partial charge in [0, 0.05) is 0 Å². The predicted octanol–water partition coefficient (Wildman–Crippen LogP) is 4.14. The fraction of sp³-hybridized carbons (Fsp3) is 0.553. The summed E-state index contributed by atoms with van der Waals surface area (Å²) in [6.07, 6.45) is 10.7. The van der Waals surface area contributed by atoms with Gasteiger partial charge in [0.15, 0.2) is 0 Å². The molecular formula is C38H52Cl2Zr. The van der Waals surface area contributed by atoms with Gasteiger partial charge < -0.3 is 24.8 Å². The molecule has 1 saturated carbocycles. The van der Waals surface area contributed by atoms with E-state index in [4.69, 9.17) is 0 Å². The van der Waals surface area contributed by atoms with Gasteiger partial charge in [-0.15, -0.1) is 0 Å². The van der Waals surface area contributed by atoms with Crippen LogP contribution in [-0.2, 0) is 38.5 Å². The number of benzene rings is 2. The average Bonchev–Trinajstić information content (AvgIpc) is 3.36. The minimum atomic E-state index is -2.40. The number of rotatable bonds is 2. The molecule has 0 radical (unpaired) electrons. The van der Waals surface area contributed by atoms with Crippen molar-refractivity contribution in [2.45, 2.75) is 126 Å². The van der Waals surface area contributed by atoms with Gasteiger partial charge in [-0.2, -0.15) is 0 Å². The van der Waals surface area contributed by atoms with Crippen LogP contribution < -0.4 is 28.1 Å². The van der Waals surface area contributed by atoms with Crippen molar-refractivity contribution in [3.05, 3.63) is 73.1 Å². The van der Waals surface area contributed by atoms with Crippen LogP contribution in [0.1, 0.15) is 131 Å². The van der Waals surface area contributed by atoms with Crippen LogP contribution in [0.25, 0.3) is 11.1 Å². The van der Waals surface area contributed by atoms with E-state index in [9.17, 15) is 0 Å². The van der Waals surface area contributed by atoms with E-state index in [1.54, 1.807) is 27.8 Å². The van der Waals surface area contributed by atoms with Crippen molar-refractivity contribution >= 4 is 6.48 Å². The third-order valence-electron chi connectivity index (χ3n) is 9.57. The van der Waals surface area contributed by atoms with Crippen molar-refractivity contribution in [1.82, 2.24) is 0 Å². The van der Waals surface area contributed by atoms with Crippen LogP contribution >= 0.6 is 0 Å². The van der Waals surface area contributed by atoms with E-state index in [-0.39, 0.29) is 41.1 Å². The van der Waals surface area contributed by atoms with E-state index in [1.165, 1.54) is 48.8 Å². The molecule has 1 unspecified atom stereocenters. The maximum Gasteiger partial charge on any atom is -1.00 e. The molecule has 0 amide bonds. The summed E-state index contributed by atoms with van der Waals surface area (Å²) in [6.45, 7) is 26.7. The molecule has 1 atom stereocenters. The van der Waals surface area contributed by atoms with E-state index in [0.29, 0.717) is 5.92 Å². The van der Waals surface area contributed by atoms with E-state index in [2.05, 4.69) is 113 Å². The van der Waals surface area contributed by atoms with Crippen LogP contribution in [-0.4, -0.2) is 3.21 Å². The van der Waals surface area contributed by atoms with Crippen molar-refractivity contribution in [1.29, 1.82) is 0 Å². The molecule has 0 aromatic heterocycles. The van der Waals surface area contributed by atoms with Crippen LogP contribution in [0, 0.1) is 11.3 Å². The van der Waals surface area contributed by atoms with Gasteiger partial charge in [0.2, 0.25) is 0 Å². The molecule has 0 heterocycles. The second kappa shape index (κ2) is 12.3. The Labute approximate surface area is 271 Å². The average molecular weight is 671 g/mol. The zero-order valence-corrected chi connectivity index (χ0v) is 31.5. The Morgan fingerprint density at radius 2 is 1.34 bits per heavy atom. The quantitative estimate of drug-likeness (QED) is 0.385. The molecule has 0 bridgehead atoms. The smallest absolute Gasteiger partial charge is 1.00 e. The monoisotopic (exact) mass is 668 g/mol. The van der Waals surface area contributed by atoms with Crippen molar-refractivity contribution in [3.63, 3.8) is 0 Å². The molecule has 41 heavy (non-hydrogen) atoms. The molecule has 0 spiro atoms. The standard InChI is InChI=1S/C21H25.C11H17.C6H10.2ClH.Zr/c1-20(2,3)16-7-9-18-14(12-16)11-15-13-17(21(4,5)6)8-10-19(15)18;1-8-6-9(2)10(7-8)11(3,4)5;1-2-4-6-5-3-1;;;/h7-10,12H,11H2,1-6H3;7-8H,1-5H3;1-5H2;2*1H;/q;;;;;+2/p-2. The minimum absolute atomic E-state index is 0. The summed E-state index contributed by atoms with van der Waals surface area (Å²) in [5, 5.41) is 0. The van der Waals surface area contributed by atoms with Gasteiger partial charge in [-0.05, 0) is 0 Å². The zero-order valence-electron chi connectivity index (χ0n) is 27.5. The van der Waals surface area contributed by atoms with Crippen molar-refractivity contribution in [3.8, 4) is 11.1 Å². The summed E-state index contributed by atoms with van der Waals surface area (Å²) < 4.78 is 5.75. The molecule has 222 valence electrons. The van der Waals surface area contributed by atoms with E-state index >= 15 is 0 Å². The van der Waals surface area contributed by atoms with Crippen LogP contribution in [0.2, 0.25) is 0 Å². The van der Waals surface area contributed by atoms with Gasteiger partial charge in [0.25, 0.3) is 0 Å². The molecule has 2 aromatic rings. The number of allylic oxidation sites excluding steroid dienone is 4. The number of hydrogen-bond donors (Lipinski definition) is 0. The van der Waals surface area contributed by atoms with E-state index < -0.39 is 21.3 Å². The Morgan fingerprint density at radius 1 is 0.732 bits per heavy atom. The van der Waals surface area contributed by atoms with Crippen LogP contribution in [0.15, 0.2) is 50.8 Å². The van der Waals surface area contributed by atoms with Crippen LogP contribution in [0.5, 0.6) is 0 Å². The number of halogens is 2. The zero-order chi connectivity index (χ0) is 28.5. The molecule has 0 saturated heterocycles. The Kier molecular flexibility index (Phi) is 10.4. The second-order valence-corrected chi connectivity index (χ2v) is 21.9. The summed E-state index contributed by atoms with van der Waals surface area (Å²) >= 11 is -2.40. The molecule has 5 rings (SSSR count). The molecule has 0 aliphatic heterocycles. The topological polar surface area (TPSA) is 0 Å². The fourth-order valence-corrected chi connectivity index (χ4v) is 17.8. The third-order valence-corrected chi connectivity index (χ3v) is 18.5. The van der Waals surface area contributed by atoms with E-state index in [1.807, 2.05) is 9.76 Å². The number of fused-ring (bicyclic) bond motifs is 3. The van der Waals surface area contributed by atoms with Crippen molar-refractivity contribution in [2.24, 2.45) is 11.3 Å². The summed E-state index contributed by atoms with van der Waals surface area (Å²) in [7, 11) is 0. The summed E-state index contributed by atoms with van der Waals surface area (Å²) in [5.41, 5.74) is 13.2. The van der Waals surface area contributed by atoms with Crippen LogP contribution in [0.3, 0.4) is 0 Å². The molecule has 0 nitrogen and oxygen atoms in total. The largest absolute Gasteiger partial charge is 1.00 e. The van der Waals surface area contributed by atoms with E-state index in [0.717, 1.165) is 6.42 Å². The third kappa shape index (κ3) is 6.54. The molecular weight excluding hydrogens is 619 g/mol. The van der Waals surface area contributed by atoms with Gasteiger partial charge >= 0.3 is 249 Å². The fourth-order valence-electron chi connectivity index (χ4n) is 7.56. The van der Waals surface area contributed by atoms with Gasteiger partial charge in [-0.3, -0.25) is 0 Å². The molecule has 3 heteroatoms. The van der Waals surface area contributed by atoms with Gasteiger partial charge in [0.05, 0.1) is 0 Å². The minimum Gasteiger partial charge on any atom is -1.00 e. The SMILES string of the molecule is CC1=[C]([Zr+2](=[C]2CCCCC2)[c]2c(C(C)(C)C)ccc3c2Cc2cc(C(C)(C)C)ccc2-3)C(C)C=C1C(C)(C)C.[Cl-].[Cl-]. The Balaban J connectivity index is 0.00000231. The van der Waals surface area contributed by atoms with Crippen molar-refractivity contribution < 1.29 is 46.1 Å². The van der Waals surface area contributed by atoms with Gasteiger partial charge in [-0.1, -0.05) is 0 Å². The van der Waals surface area contributed by atoms with Crippen molar-refractivity contribution in [2.75, 3.05) is 0 Å². The van der Waals surface area contributed by atoms with Gasteiger partial charge in [-0.25, -0.2) is 0 Å². The van der Waals surface area contributed by atoms with Crippen LogP contribution in [0.4, 0.5) is 0 Å². The Hall–Kier alpha value is -0.747. The Bertz CT molecular complexity index is 1410.